The molecule has 2 aromatic heterocycles. The number of thiophene rings is 1. The van der Waals surface area contributed by atoms with Crippen LogP contribution in [0.4, 0.5) is 5.00 Å². The minimum absolute atomic E-state index is 0.182. The molecule has 1 fully saturated rings. The van der Waals surface area contributed by atoms with E-state index in [1.165, 1.54) is 10.4 Å². The summed E-state index contributed by atoms with van der Waals surface area (Å²) in [5.74, 6) is -0.917. The van der Waals surface area contributed by atoms with E-state index in [-0.39, 0.29) is 37.1 Å². The Kier molecular flexibility index (Phi) is 5.56. The molecule has 9 heteroatoms. The first-order valence-corrected chi connectivity index (χ1v) is 12.4. The van der Waals surface area contributed by atoms with Crippen LogP contribution < -0.4 is 5.32 Å². The van der Waals surface area contributed by atoms with Crippen LogP contribution in [0.5, 0.6) is 0 Å². The molecule has 7 nitrogen and oxygen atoms in total. The topological polar surface area (TPSA) is 82.6 Å². The molecule has 2 aliphatic rings. The number of nitrogens with zero attached hydrogens (tertiary/aromatic N) is 3. The predicted molar refractivity (Wildman–Crippen MR) is 127 cm³/mol. The van der Waals surface area contributed by atoms with Crippen LogP contribution in [0.1, 0.15) is 37.1 Å². The molecule has 0 saturated carbocycles. The van der Waals surface area contributed by atoms with Crippen molar-refractivity contribution in [1.82, 2.24) is 14.8 Å². The third kappa shape index (κ3) is 3.85. The fraction of sp³-hybridized carbons (Fsp3) is 0.391. The molecule has 0 radical (unpaired) electrons. The lowest BCUT2D eigenvalue weighted by atomic mass is 10.0. The molecule has 3 aromatic rings. The fourth-order valence-electron chi connectivity index (χ4n) is 4.27. The van der Waals surface area contributed by atoms with Crippen molar-refractivity contribution < 1.29 is 14.4 Å². The highest BCUT2D eigenvalue weighted by molar-refractivity contribution is 7.22. The molecule has 1 N–H and O–H groups in total. The first-order valence-electron chi connectivity index (χ1n) is 10.8. The highest BCUT2D eigenvalue weighted by Gasteiger charge is 2.32. The van der Waals surface area contributed by atoms with Gasteiger partial charge in [-0.2, -0.15) is 0 Å². The lowest BCUT2D eigenvalue weighted by molar-refractivity contribution is -0.141. The van der Waals surface area contributed by atoms with E-state index < -0.39 is 0 Å². The van der Waals surface area contributed by atoms with Crippen LogP contribution in [-0.4, -0.2) is 51.6 Å². The van der Waals surface area contributed by atoms with E-state index in [4.69, 9.17) is 4.98 Å². The minimum Gasteiger partial charge on any atom is -0.316 e. The number of benzene rings is 1. The number of amides is 3. The lowest BCUT2D eigenvalue weighted by Crippen LogP contribution is -2.36. The summed E-state index contributed by atoms with van der Waals surface area (Å²) in [6.07, 6.45) is 1.26. The van der Waals surface area contributed by atoms with Gasteiger partial charge < -0.3 is 5.32 Å². The van der Waals surface area contributed by atoms with E-state index in [0.29, 0.717) is 6.04 Å². The minimum atomic E-state index is -0.352. The molecule has 4 heterocycles. The number of anilines is 1. The van der Waals surface area contributed by atoms with Gasteiger partial charge in [0.05, 0.1) is 10.2 Å². The monoisotopic (exact) mass is 468 g/mol. The molecule has 32 heavy (non-hydrogen) atoms. The van der Waals surface area contributed by atoms with Crippen molar-refractivity contribution >= 4 is 55.6 Å². The van der Waals surface area contributed by atoms with Gasteiger partial charge in [0.1, 0.15) is 16.6 Å². The third-order valence-corrected chi connectivity index (χ3v) is 8.22. The number of imide groups is 1. The number of carbonyl (C=O) groups is 3. The van der Waals surface area contributed by atoms with Gasteiger partial charge in [0.25, 0.3) is 0 Å². The average Bonchev–Trinajstić information content (AvgIpc) is 3.43. The van der Waals surface area contributed by atoms with Gasteiger partial charge in [-0.1, -0.05) is 12.1 Å². The molecular formula is C23H24N4O3S2. The van der Waals surface area contributed by atoms with Gasteiger partial charge in [-0.3, -0.25) is 24.2 Å². The van der Waals surface area contributed by atoms with Crippen LogP contribution in [-0.2, 0) is 27.3 Å². The molecule has 5 rings (SSSR count). The Labute approximate surface area is 194 Å². The Morgan fingerprint density at radius 3 is 2.59 bits per heavy atom. The quantitative estimate of drug-likeness (QED) is 0.575. The van der Waals surface area contributed by atoms with Crippen LogP contribution in [0.25, 0.3) is 20.8 Å². The molecule has 0 spiro atoms. The van der Waals surface area contributed by atoms with Crippen LogP contribution in [0, 0.1) is 0 Å². The summed E-state index contributed by atoms with van der Waals surface area (Å²) in [7, 11) is 0. The van der Waals surface area contributed by atoms with Crippen molar-refractivity contribution in [3.8, 4) is 10.6 Å². The maximum atomic E-state index is 12.8. The van der Waals surface area contributed by atoms with E-state index in [1.807, 2.05) is 18.2 Å². The maximum absolute atomic E-state index is 12.8. The van der Waals surface area contributed by atoms with Gasteiger partial charge in [0, 0.05) is 42.4 Å². The van der Waals surface area contributed by atoms with Crippen LogP contribution in [0.3, 0.4) is 0 Å². The summed E-state index contributed by atoms with van der Waals surface area (Å²) in [6.45, 7) is 5.95. The van der Waals surface area contributed by atoms with E-state index in [9.17, 15) is 14.4 Å². The Morgan fingerprint density at radius 2 is 1.88 bits per heavy atom. The summed E-state index contributed by atoms with van der Waals surface area (Å²) < 4.78 is 1.10. The molecule has 166 valence electrons. The summed E-state index contributed by atoms with van der Waals surface area (Å²) in [6, 6.07) is 8.47. The van der Waals surface area contributed by atoms with Crippen molar-refractivity contribution in [3.05, 3.63) is 34.7 Å². The third-order valence-electron chi connectivity index (χ3n) is 6.03. The van der Waals surface area contributed by atoms with Gasteiger partial charge in [-0.25, -0.2) is 4.98 Å². The van der Waals surface area contributed by atoms with Crippen molar-refractivity contribution in [2.75, 3.05) is 18.4 Å². The molecule has 3 amide bonds. The lowest BCUT2D eigenvalue weighted by Gasteiger charge is -2.30. The van der Waals surface area contributed by atoms with Gasteiger partial charge >= 0.3 is 0 Å². The van der Waals surface area contributed by atoms with Crippen LogP contribution in [0.15, 0.2) is 24.3 Å². The highest BCUT2D eigenvalue weighted by Crippen LogP contribution is 2.45. The van der Waals surface area contributed by atoms with Gasteiger partial charge in [-0.15, -0.1) is 22.7 Å². The van der Waals surface area contributed by atoms with E-state index in [1.54, 1.807) is 22.7 Å². The predicted octanol–water partition coefficient (Wildman–Crippen LogP) is 3.88. The molecule has 0 unspecified atom stereocenters. The van der Waals surface area contributed by atoms with Crippen LogP contribution in [0.2, 0.25) is 0 Å². The fourth-order valence-corrected chi connectivity index (χ4v) is 6.67. The zero-order chi connectivity index (χ0) is 22.4. The summed E-state index contributed by atoms with van der Waals surface area (Å²) in [4.78, 5) is 46.3. The Balaban J connectivity index is 1.50. The summed E-state index contributed by atoms with van der Waals surface area (Å²) >= 11 is 3.20. The number of likely N-dealkylation sites (tertiary alicyclic amines) is 1. The van der Waals surface area contributed by atoms with Crippen molar-refractivity contribution in [2.45, 2.75) is 45.7 Å². The van der Waals surface area contributed by atoms with Gasteiger partial charge in [0.2, 0.25) is 17.7 Å². The first kappa shape index (κ1) is 21.2. The number of hydrogen-bond acceptors (Lipinski definition) is 7. The van der Waals surface area contributed by atoms with E-state index >= 15 is 0 Å². The van der Waals surface area contributed by atoms with Crippen molar-refractivity contribution in [1.29, 1.82) is 0 Å². The Hall–Kier alpha value is -2.62. The number of rotatable bonds is 5. The van der Waals surface area contributed by atoms with Crippen LogP contribution >= 0.6 is 22.7 Å². The average molecular weight is 469 g/mol. The van der Waals surface area contributed by atoms with E-state index in [2.05, 4.69) is 30.1 Å². The van der Waals surface area contributed by atoms with Gasteiger partial charge in [-0.05, 0) is 38.0 Å². The SMILES string of the molecule is CC(C)N1CCc2c(sc(NC(=O)CN3C(=O)CCC3=O)c2-c2nc3ccccc3s2)C1. The zero-order valence-corrected chi connectivity index (χ0v) is 19.6. The number of fused-ring (bicyclic) bond motifs is 2. The molecule has 2 aliphatic heterocycles. The molecule has 0 bridgehead atoms. The second-order valence-electron chi connectivity index (χ2n) is 8.43. The summed E-state index contributed by atoms with van der Waals surface area (Å²) in [5, 5.41) is 4.65. The number of hydrogen-bond donors (Lipinski definition) is 1. The van der Waals surface area contributed by atoms with Crippen molar-refractivity contribution in [2.24, 2.45) is 0 Å². The standard InChI is InChI=1S/C23H24N4O3S2/c1-13(2)26-10-9-14-17(11-26)32-23(25-18(28)12-27-19(29)7-8-20(27)30)21(14)22-24-15-5-3-4-6-16(15)31-22/h3-6,13H,7-12H2,1-2H3,(H,25,28). The van der Waals surface area contributed by atoms with Gasteiger partial charge in [0.15, 0.2) is 0 Å². The number of carbonyl (C=O) groups excluding carboxylic acids is 3. The molecule has 1 saturated heterocycles. The molecule has 0 aliphatic carbocycles. The second kappa shape index (κ2) is 8.38. The zero-order valence-electron chi connectivity index (χ0n) is 18.0. The maximum Gasteiger partial charge on any atom is 0.245 e. The van der Waals surface area contributed by atoms with E-state index in [0.717, 1.165) is 50.2 Å². The highest BCUT2D eigenvalue weighted by atomic mass is 32.1. The number of aromatic nitrogens is 1. The molecule has 0 atom stereocenters. The number of thiazole rings is 1. The summed E-state index contributed by atoms with van der Waals surface area (Å²) in [5.41, 5.74) is 3.18. The molecule has 1 aromatic carbocycles. The molecular weight excluding hydrogens is 444 g/mol. The first-order chi connectivity index (χ1) is 15.4. The Morgan fingerprint density at radius 1 is 1.12 bits per heavy atom. The largest absolute Gasteiger partial charge is 0.316 e. The smallest absolute Gasteiger partial charge is 0.245 e. The number of nitrogens with one attached hydrogen (secondary N) is 1. The normalized spacial score (nSPS) is 16.9. The Bertz CT molecular complexity index is 1180. The number of para-hydroxylation sites is 1. The van der Waals surface area contributed by atoms with Crippen molar-refractivity contribution in [3.63, 3.8) is 0 Å². The second-order valence-corrected chi connectivity index (χ2v) is 10.6.